The van der Waals surface area contributed by atoms with E-state index in [0.29, 0.717) is 4.90 Å². The Morgan fingerprint density at radius 2 is 1.53 bits per heavy atom. The Balaban J connectivity index is 2.45. The quantitative estimate of drug-likeness (QED) is 0.855. The van der Waals surface area contributed by atoms with Gasteiger partial charge in [0.25, 0.3) is 0 Å². The Hall–Kier alpha value is -1.94. The molecule has 0 bridgehead atoms. The standard InChI is InChI=1S/C13H10O3S/c14-10-7-4-8-11(13(16)12(10)15)17-9-5-2-1-3-6-9/h1-8H,(H2,14,15,16). The molecule has 2 N–H and O–H groups in total. The Bertz CT molecular complexity index is 582. The predicted octanol–water partition coefficient (Wildman–Crippen LogP) is 2.61. The van der Waals surface area contributed by atoms with Gasteiger partial charge in [0, 0.05) is 4.90 Å². The average Bonchev–Trinajstić information content (AvgIpc) is 2.46. The van der Waals surface area contributed by atoms with Crippen LogP contribution in [0.3, 0.4) is 0 Å². The molecule has 0 spiro atoms. The van der Waals surface area contributed by atoms with Gasteiger partial charge in [-0.1, -0.05) is 36.0 Å². The van der Waals surface area contributed by atoms with Crippen LogP contribution in [-0.4, -0.2) is 10.2 Å². The number of hydrogen-bond donors (Lipinski definition) is 2. The number of benzene rings is 1. The van der Waals surface area contributed by atoms with Crippen molar-refractivity contribution in [3.05, 3.63) is 58.8 Å². The van der Waals surface area contributed by atoms with Gasteiger partial charge in [-0.15, -0.1) is 0 Å². The van der Waals surface area contributed by atoms with E-state index >= 15 is 0 Å². The molecular formula is C13H10O3S. The van der Waals surface area contributed by atoms with Crippen molar-refractivity contribution >= 4 is 11.8 Å². The van der Waals surface area contributed by atoms with Crippen LogP contribution in [0.5, 0.6) is 11.5 Å². The average molecular weight is 246 g/mol. The molecule has 0 unspecified atom stereocenters. The summed E-state index contributed by atoms with van der Waals surface area (Å²) in [5.74, 6) is -0.998. The highest BCUT2D eigenvalue weighted by atomic mass is 32.2. The van der Waals surface area contributed by atoms with Crippen LogP contribution in [-0.2, 0) is 0 Å². The summed E-state index contributed by atoms with van der Waals surface area (Å²) in [5, 5.41) is 19.2. The number of hydrogen-bond acceptors (Lipinski definition) is 4. The van der Waals surface area contributed by atoms with Gasteiger partial charge in [0.2, 0.25) is 11.2 Å². The third-order valence-corrected chi connectivity index (χ3v) is 3.21. The molecule has 86 valence electrons. The van der Waals surface area contributed by atoms with Gasteiger partial charge in [0.15, 0.2) is 5.75 Å². The van der Waals surface area contributed by atoms with Crippen molar-refractivity contribution in [2.24, 2.45) is 0 Å². The van der Waals surface area contributed by atoms with Crippen molar-refractivity contribution < 1.29 is 10.2 Å². The summed E-state index contributed by atoms with van der Waals surface area (Å²) in [5.41, 5.74) is -0.595. The zero-order valence-corrected chi connectivity index (χ0v) is 9.65. The van der Waals surface area contributed by atoms with Gasteiger partial charge in [0.05, 0.1) is 4.90 Å². The molecule has 0 aliphatic rings. The summed E-state index contributed by atoms with van der Waals surface area (Å²) in [6, 6.07) is 13.7. The summed E-state index contributed by atoms with van der Waals surface area (Å²) >= 11 is 1.28. The van der Waals surface area contributed by atoms with Crippen LogP contribution in [0.1, 0.15) is 0 Å². The second-order valence-corrected chi connectivity index (χ2v) is 4.48. The van der Waals surface area contributed by atoms with E-state index in [4.69, 9.17) is 0 Å². The lowest BCUT2D eigenvalue weighted by molar-refractivity contribution is 0.394. The molecule has 0 saturated heterocycles. The lowest BCUT2D eigenvalue weighted by Gasteiger charge is -2.01. The van der Waals surface area contributed by atoms with E-state index in [2.05, 4.69) is 0 Å². The smallest absolute Gasteiger partial charge is 0.224 e. The predicted molar refractivity (Wildman–Crippen MR) is 66.6 cm³/mol. The maximum Gasteiger partial charge on any atom is 0.224 e. The molecule has 17 heavy (non-hydrogen) atoms. The zero-order valence-electron chi connectivity index (χ0n) is 8.83. The minimum Gasteiger partial charge on any atom is -0.503 e. The number of aromatic hydroxyl groups is 2. The second-order valence-electron chi connectivity index (χ2n) is 3.37. The van der Waals surface area contributed by atoms with Crippen molar-refractivity contribution in [2.45, 2.75) is 9.79 Å². The minimum atomic E-state index is -0.617. The largest absolute Gasteiger partial charge is 0.503 e. The first-order valence-corrected chi connectivity index (χ1v) is 5.78. The summed E-state index contributed by atoms with van der Waals surface area (Å²) in [6.07, 6.45) is 0. The van der Waals surface area contributed by atoms with Gasteiger partial charge in [0.1, 0.15) is 0 Å². The monoisotopic (exact) mass is 246 g/mol. The van der Waals surface area contributed by atoms with E-state index in [1.54, 1.807) is 6.07 Å². The first-order valence-electron chi connectivity index (χ1n) is 4.96. The molecule has 0 aromatic heterocycles. The summed E-state index contributed by atoms with van der Waals surface area (Å²) < 4.78 is 0. The van der Waals surface area contributed by atoms with E-state index < -0.39 is 11.2 Å². The van der Waals surface area contributed by atoms with Crippen LogP contribution in [0, 0.1) is 0 Å². The number of rotatable bonds is 2. The van der Waals surface area contributed by atoms with Crippen LogP contribution in [0.15, 0.2) is 63.1 Å². The Kier molecular flexibility index (Phi) is 3.35. The third kappa shape index (κ3) is 2.60. The van der Waals surface area contributed by atoms with Crippen molar-refractivity contribution in [3.63, 3.8) is 0 Å². The molecule has 0 saturated carbocycles. The van der Waals surface area contributed by atoms with Gasteiger partial charge in [-0.3, -0.25) is 4.79 Å². The highest BCUT2D eigenvalue weighted by Gasteiger charge is 2.08. The van der Waals surface area contributed by atoms with E-state index in [0.717, 1.165) is 4.90 Å². The van der Waals surface area contributed by atoms with E-state index in [9.17, 15) is 15.0 Å². The van der Waals surface area contributed by atoms with Crippen molar-refractivity contribution in [1.29, 1.82) is 0 Å². The molecule has 0 amide bonds. The fourth-order valence-corrected chi connectivity index (χ4v) is 2.20. The van der Waals surface area contributed by atoms with Crippen LogP contribution in [0.4, 0.5) is 0 Å². The molecule has 2 aromatic carbocycles. The van der Waals surface area contributed by atoms with Gasteiger partial charge in [-0.05, 0) is 24.3 Å². The Morgan fingerprint density at radius 1 is 0.824 bits per heavy atom. The summed E-state index contributed by atoms with van der Waals surface area (Å²) in [6.45, 7) is 0. The molecule has 0 fully saturated rings. The normalized spacial score (nSPS) is 10.1. The Labute approximate surface area is 102 Å². The highest BCUT2D eigenvalue weighted by Crippen LogP contribution is 2.36. The third-order valence-electron chi connectivity index (χ3n) is 2.16. The van der Waals surface area contributed by atoms with E-state index in [1.807, 2.05) is 30.3 Å². The van der Waals surface area contributed by atoms with Gasteiger partial charge in [-0.2, -0.15) is 0 Å². The fraction of sp³-hybridized carbons (Fsp3) is 0. The molecule has 2 aromatic rings. The van der Waals surface area contributed by atoms with Crippen LogP contribution in [0.2, 0.25) is 0 Å². The zero-order chi connectivity index (χ0) is 12.3. The maximum atomic E-state index is 11.2. The molecule has 0 aliphatic carbocycles. The SMILES string of the molecule is O=c1cccc(Sc2ccccc2)c(O)c1O. The van der Waals surface area contributed by atoms with Crippen molar-refractivity contribution in [2.75, 3.05) is 0 Å². The first-order chi connectivity index (χ1) is 8.18. The minimum absolute atomic E-state index is 0.381. The molecule has 0 aliphatic heterocycles. The van der Waals surface area contributed by atoms with Crippen LogP contribution < -0.4 is 5.43 Å². The summed E-state index contributed by atoms with van der Waals surface area (Å²) in [7, 11) is 0. The molecule has 0 heterocycles. The molecular weight excluding hydrogens is 236 g/mol. The molecule has 2 rings (SSSR count). The molecule has 3 nitrogen and oxygen atoms in total. The topological polar surface area (TPSA) is 57.5 Å². The van der Waals surface area contributed by atoms with E-state index in [1.165, 1.54) is 23.9 Å². The Morgan fingerprint density at radius 3 is 2.24 bits per heavy atom. The first kappa shape index (κ1) is 11.5. The van der Waals surface area contributed by atoms with Crippen LogP contribution in [0.25, 0.3) is 0 Å². The lowest BCUT2D eigenvalue weighted by Crippen LogP contribution is -1.92. The molecule has 0 atom stereocenters. The van der Waals surface area contributed by atoms with Gasteiger partial charge >= 0.3 is 0 Å². The van der Waals surface area contributed by atoms with Gasteiger partial charge < -0.3 is 10.2 Å². The fourth-order valence-electron chi connectivity index (χ4n) is 1.31. The van der Waals surface area contributed by atoms with E-state index in [-0.39, 0.29) is 5.75 Å². The second kappa shape index (κ2) is 4.93. The maximum absolute atomic E-state index is 11.2. The van der Waals surface area contributed by atoms with Crippen molar-refractivity contribution in [3.8, 4) is 11.5 Å². The molecule has 0 radical (unpaired) electrons. The summed E-state index contributed by atoms with van der Waals surface area (Å²) in [4.78, 5) is 12.6. The van der Waals surface area contributed by atoms with Crippen LogP contribution >= 0.6 is 11.8 Å². The highest BCUT2D eigenvalue weighted by molar-refractivity contribution is 7.99. The molecule has 4 heteroatoms. The van der Waals surface area contributed by atoms with Crippen molar-refractivity contribution in [1.82, 2.24) is 0 Å². The lowest BCUT2D eigenvalue weighted by atomic mass is 10.4. The van der Waals surface area contributed by atoms with Gasteiger partial charge in [-0.25, -0.2) is 0 Å².